The van der Waals surface area contributed by atoms with Crippen LogP contribution in [0.25, 0.3) is 0 Å². The average molecular weight is 445 g/mol. The molecule has 8 heteroatoms. The highest BCUT2D eigenvalue weighted by Gasteiger charge is 2.42. The van der Waals surface area contributed by atoms with Crippen molar-refractivity contribution < 1.29 is 13.2 Å². The highest BCUT2D eigenvalue weighted by atomic mass is 127. The fraction of sp³-hybridized carbons (Fsp3) is 0.929. The van der Waals surface area contributed by atoms with Gasteiger partial charge in [-0.3, -0.25) is 4.99 Å². The van der Waals surface area contributed by atoms with Gasteiger partial charge in [0.05, 0.1) is 18.9 Å². The number of likely N-dealkylation sites (tertiary alicyclic amines) is 1. The van der Waals surface area contributed by atoms with Gasteiger partial charge in [-0.1, -0.05) is 6.92 Å². The van der Waals surface area contributed by atoms with Crippen LogP contribution in [-0.2, 0) is 14.6 Å². The zero-order chi connectivity index (χ0) is 15.3. The van der Waals surface area contributed by atoms with E-state index in [9.17, 15) is 8.42 Å². The van der Waals surface area contributed by atoms with Crippen molar-refractivity contribution in [1.82, 2.24) is 10.2 Å². The van der Waals surface area contributed by atoms with E-state index in [4.69, 9.17) is 4.74 Å². The Balaban J connectivity index is 0.00000242. The van der Waals surface area contributed by atoms with E-state index in [0.29, 0.717) is 6.54 Å². The lowest BCUT2D eigenvalue weighted by Gasteiger charge is -2.24. The molecule has 0 aromatic carbocycles. The number of hydrogen-bond acceptors (Lipinski definition) is 4. The van der Waals surface area contributed by atoms with Gasteiger partial charge >= 0.3 is 0 Å². The molecule has 2 aliphatic heterocycles. The average Bonchev–Trinajstić information content (AvgIpc) is 3.09. The molecular formula is C14H28IN3O3S. The van der Waals surface area contributed by atoms with Crippen LogP contribution in [0.3, 0.4) is 0 Å². The molecule has 2 aliphatic rings. The number of halogens is 1. The lowest BCUT2D eigenvalue weighted by atomic mass is 9.87. The largest absolute Gasteiger partial charge is 0.381 e. The maximum Gasteiger partial charge on any atom is 0.193 e. The first-order valence-electron chi connectivity index (χ1n) is 7.82. The molecule has 2 heterocycles. The number of nitrogens with one attached hydrogen (secondary N) is 1. The van der Waals surface area contributed by atoms with E-state index in [0.717, 1.165) is 51.6 Å². The first kappa shape index (κ1) is 20.0. The summed E-state index contributed by atoms with van der Waals surface area (Å²) < 4.78 is 28.6. The predicted molar refractivity (Wildman–Crippen MR) is 99.8 cm³/mol. The van der Waals surface area contributed by atoms with Crippen molar-refractivity contribution in [2.75, 3.05) is 50.9 Å². The Morgan fingerprint density at radius 2 is 2.14 bits per heavy atom. The summed E-state index contributed by atoms with van der Waals surface area (Å²) in [5.74, 6) is 1.15. The van der Waals surface area contributed by atoms with Crippen LogP contribution in [-0.4, -0.2) is 70.2 Å². The van der Waals surface area contributed by atoms with Gasteiger partial charge in [0.25, 0.3) is 0 Å². The molecule has 0 radical (unpaired) electrons. The Labute approximate surface area is 151 Å². The minimum Gasteiger partial charge on any atom is -0.381 e. The molecule has 6 nitrogen and oxygen atoms in total. The smallest absolute Gasteiger partial charge is 0.193 e. The molecule has 1 unspecified atom stereocenters. The van der Waals surface area contributed by atoms with E-state index >= 15 is 0 Å². The quantitative estimate of drug-likeness (QED) is 0.390. The molecule has 0 bridgehead atoms. The fourth-order valence-electron chi connectivity index (χ4n) is 2.95. The van der Waals surface area contributed by atoms with E-state index in [1.807, 2.05) is 6.92 Å². The van der Waals surface area contributed by atoms with Crippen LogP contribution in [0.4, 0.5) is 0 Å². The SMILES string of the molecule is CCNC(=NCCS(=O)(=O)CC)N1CCC2(CCOC2)C1.I. The molecule has 0 amide bonds. The Bertz CT molecular complexity index is 476. The van der Waals surface area contributed by atoms with Gasteiger partial charge in [0, 0.05) is 37.4 Å². The second-order valence-corrected chi connectivity index (χ2v) is 8.42. The Morgan fingerprint density at radius 1 is 1.36 bits per heavy atom. The van der Waals surface area contributed by atoms with Crippen LogP contribution in [0, 0.1) is 5.41 Å². The van der Waals surface area contributed by atoms with Crippen molar-refractivity contribution in [3.63, 3.8) is 0 Å². The van der Waals surface area contributed by atoms with E-state index in [1.165, 1.54) is 0 Å². The third-order valence-corrected chi connectivity index (χ3v) is 6.05. The van der Waals surface area contributed by atoms with Gasteiger partial charge < -0.3 is 15.0 Å². The normalized spacial score (nSPS) is 25.5. The van der Waals surface area contributed by atoms with Crippen LogP contribution >= 0.6 is 24.0 Å². The van der Waals surface area contributed by atoms with Gasteiger partial charge in [0.2, 0.25) is 0 Å². The van der Waals surface area contributed by atoms with Crippen LogP contribution in [0.1, 0.15) is 26.7 Å². The van der Waals surface area contributed by atoms with Crippen molar-refractivity contribution >= 4 is 39.8 Å². The van der Waals surface area contributed by atoms with Crippen molar-refractivity contribution in [2.45, 2.75) is 26.7 Å². The molecule has 0 aliphatic carbocycles. The lowest BCUT2D eigenvalue weighted by Crippen LogP contribution is -2.41. The second-order valence-electron chi connectivity index (χ2n) is 5.95. The summed E-state index contributed by atoms with van der Waals surface area (Å²) in [7, 11) is -2.95. The molecule has 2 saturated heterocycles. The third kappa shape index (κ3) is 5.23. The number of sulfone groups is 1. The standard InChI is InChI=1S/C14H27N3O3S.HI/c1-3-15-13(16-7-10-21(18,19)4-2)17-8-5-14(11-17)6-9-20-12-14;/h3-12H2,1-2H3,(H,15,16);1H. The highest BCUT2D eigenvalue weighted by Crippen LogP contribution is 2.38. The van der Waals surface area contributed by atoms with E-state index in [-0.39, 0.29) is 40.9 Å². The van der Waals surface area contributed by atoms with E-state index < -0.39 is 9.84 Å². The lowest BCUT2D eigenvalue weighted by molar-refractivity contribution is 0.156. The van der Waals surface area contributed by atoms with E-state index in [2.05, 4.69) is 15.2 Å². The van der Waals surface area contributed by atoms with Crippen molar-refractivity contribution in [1.29, 1.82) is 0 Å². The van der Waals surface area contributed by atoms with Crippen LogP contribution < -0.4 is 5.32 Å². The van der Waals surface area contributed by atoms with Gasteiger partial charge in [-0.25, -0.2) is 8.42 Å². The molecule has 1 atom stereocenters. The number of nitrogens with zero attached hydrogens (tertiary/aromatic N) is 2. The monoisotopic (exact) mass is 445 g/mol. The molecular weight excluding hydrogens is 417 g/mol. The molecule has 0 saturated carbocycles. The minimum atomic E-state index is -2.95. The highest BCUT2D eigenvalue weighted by molar-refractivity contribution is 14.0. The van der Waals surface area contributed by atoms with E-state index in [1.54, 1.807) is 6.92 Å². The van der Waals surface area contributed by atoms with Gasteiger partial charge in [0.1, 0.15) is 0 Å². The molecule has 2 rings (SSSR count). The maximum absolute atomic E-state index is 11.5. The Kier molecular flexibility index (Phi) is 7.87. The number of aliphatic imine (C=N–C) groups is 1. The van der Waals surface area contributed by atoms with Gasteiger partial charge in [-0.05, 0) is 19.8 Å². The summed E-state index contributed by atoms with van der Waals surface area (Å²) in [6.07, 6.45) is 2.25. The second kappa shape index (κ2) is 8.68. The molecule has 1 N–H and O–H groups in total. The van der Waals surface area contributed by atoms with Gasteiger partial charge in [0.15, 0.2) is 15.8 Å². The molecule has 2 fully saturated rings. The topological polar surface area (TPSA) is 71.0 Å². The molecule has 0 aromatic rings. The first-order chi connectivity index (χ1) is 10.0. The van der Waals surface area contributed by atoms with Crippen molar-refractivity contribution in [3.05, 3.63) is 0 Å². The number of hydrogen-bond donors (Lipinski definition) is 1. The Hall–Kier alpha value is -0.0900. The number of rotatable bonds is 5. The summed E-state index contributed by atoms with van der Waals surface area (Å²) in [5, 5.41) is 3.28. The van der Waals surface area contributed by atoms with Gasteiger partial charge in [-0.15, -0.1) is 24.0 Å². The third-order valence-electron chi connectivity index (χ3n) is 4.36. The summed E-state index contributed by atoms with van der Waals surface area (Å²) in [6, 6.07) is 0. The zero-order valence-electron chi connectivity index (χ0n) is 13.5. The molecule has 1 spiro atoms. The first-order valence-corrected chi connectivity index (χ1v) is 9.64. The molecule has 0 aromatic heterocycles. The molecule has 22 heavy (non-hydrogen) atoms. The van der Waals surface area contributed by atoms with Crippen LogP contribution in [0.2, 0.25) is 0 Å². The summed E-state index contributed by atoms with van der Waals surface area (Å²) in [4.78, 5) is 6.74. The van der Waals surface area contributed by atoms with Crippen LogP contribution in [0.5, 0.6) is 0 Å². The maximum atomic E-state index is 11.5. The minimum absolute atomic E-state index is 0. The summed E-state index contributed by atoms with van der Waals surface area (Å²) in [5.41, 5.74) is 0.283. The predicted octanol–water partition coefficient (Wildman–Crippen LogP) is 1.12. The summed E-state index contributed by atoms with van der Waals surface area (Å²) in [6.45, 7) is 8.45. The number of ether oxygens (including phenoxy) is 1. The van der Waals surface area contributed by atoms with Gasteiger partial charge in [-0.2, -0.15) is 0 Å². The summed E-state index contributed by atoms with van der Waals surface area (Å²) >= 11 is 0. The zero-order valence-corrected chi connectivity index (χ0v) is 16.7. The molecule has 130 valence electrons. The van der Waals surface area contributed by atoms with Crippen molar-refractivity contribution in [3.8, 4) is 0 Å². The number of guanidine groups is 1. The van der Waals surface area contributed by atoms with Crippen molar-refractivity contribution in [2.24, 2.45) is 10.4 Å². The Morgan fingerprint density at radius 3 is 2.73 bits per heavy atom. The van der Waals surface area contributed by atoms with Crippen LogP contribution in [0.15, 0.2) is 4.99 Å². The fourth-order valence-corrected chi connectivity index (χ4v) is 3.61.